The van der Waals surface area contributed by atoms with Crippen molar-refractivity contribution in [1.29, 1.82) is 0 Å². The van der Waals surface area contributed by atoms with Crippen LogP contribution in [-0.2, 0) is 20.9 Å². The minimum Gasteiger partial charge on any atom is -0.507 e. The predicted molar refractivity (Wildman–Crippen MR) is 137 cm³/mol. The lowest BCUT2D eigenvalue weighted by molar-refractivity contribution is -0.140. The lowest BCUT2D eigenvalue weighted by atomic mass is 9.96. The van der Waals surface area contributed by atoms with Crippen molar-refractivity contribution >= 4 is 35.0 Å². The summed E-state index contributed by atoms with van der Waals surface area (Å²) in [7, 11) is 1.47. The summed E-state index contributed by atoms with van der Waals surface area (Å²) in [6.07, 6.45) is 3.84. The molecule has 0 bridgehead atoms. The van der Waals surface area contributed by atoms with Crippen LogP contribution in [0.25, 0.3) is 5.76 Å². The molecule has 37 heavy (non-hydrogen) atoms. The topological polar surface area (TPSA) is 106 Å². The number of methoxy groups -OCH3 is 1. The number of aliphatic hydroxyl groups is 1. The molecule has 1 fully saturated rings. The van der Waals surface area contributed by atoms with Gasteiger partial charge in [-0.3, -0.25) is 14.6 Å². The smallest absolute Gasteiger partial charge is 0.338 e. The molecule has 1 unspecified atom stereocenters. The largest absolute Gasteiger partial charge is 0.507 e. The number of aliphatic hydroxyl groups excluding tert-OH is 1. The molecule has 1 aromatic heterocycles. The van der Waals surface area contributed by atoms with Gasteiger partial charge in [-0.05, 0) is 53.9 Å². The molecule has 1 aliphatic rings. The van der Waals surface area contributed by atoms with Gasteiger partial charge in [0, 0.05) is 24.5 Å². The Balaban J connectivity index is 1.72. The van der Waals surface area contributed by atoms with E-state index in [2.05, 4.69) is 4.98 Å². The van der Waals surface area contributed by atoms with Gasteiger partial charge in [-0.2, -0.15) is 0 Å². The minimum absolute atomic E-state index is 0.0641. The fraction of sp³-hybridized carbons (Fsp3) is 0.214. The van der Waals surface area contributed by atoms with Gasteiger partial charge in [-0.1, -0.05) is 36.7 Å². The van der Waals surface area contributed by atoms with E-state index < -0.39 is 23.7 Å². The number of pyridine rings is 1. The number of rotatable bonds is 8. The number of benzene rings is 2. The van der Waals surface area contributed by atoms with E-state index in [1.807, 2.05) is 6.92 Å². The van der Waals surface area contributed by atoms with Crippen molar-refractivity contribution in [2.24, 2.45) is 0 Å². The zero-order valence-electron chi connectivity index (χ0n) is 20.3. The maximum Gasteiger partial charge on any atom is 0.338 e. The summed E-state index contributed by atoms with van der Waals surface area (Å²) in [6.45, 7) is 2.30. The molecular weight excluding hydrogens is 496 g/mol. The zero-order chi connectivity index (χ0) is 26.5. The first-order valence-corrected chi connectivity index (χ1v) is 12.0. The summed E-state index contributed by atoms with van der Waals surface area (Å²) < 4.78 is 10.3. The Kier molecular flexibility index (Phi) is 7.89. The SMILES string of the molecule is CCCOC(=O)c1ccc(CN2C(=O)C(=O)/C(=C(\O)c3ccc(OC)c(Cl)c3)C2c2cccnc2)cc1. The van der Waals surface area contributed by atoms with Crippen LogP contribution in [0.5, 0.6) is 5.75 Å². The van der Waals surface area contributed by atoms with E-state index in [1.54, 1.807) is 60.9 Å². The predicted octanol–water partition coefficient (Wildman–Crippen LogP) is 4.93. The maximum atomic E-state index is 13.2. The van der Waals surface area contributed by atoms with Crippen LogP contribution in [0.2, 0.25) is 5.02 Å². The van der Waals surface area contributed by atoms with E-state index >= 15 is 0 Å². The van der Waals surface area contributed by atoms with Gasteiger partial charge in [0.25, 0.3) is 11.7 Å². The van der Waals surface area contributed by atoms with Gasteiger partial charge in [0.2, 0.25) is 0 Å². The summed E-state index contributed by atoms with van der Waals surface area (Å²) in [4.78, 5) is 44.0. The van der Waals surface area contributed by atoms with E-state index in [-0.39, 0.29) is 28.5 Å². The fourth-order valence-corrected chi connectivity index (χ4v) is 4.38. The van der Waals surface area contributed by atoms with Crippen molar-refractivity contribution < 1.29 is 29.0 Å². The summed E-state index contributed by atoms with van der Waals surface area (Å²) in [5.74, 6) is -1.96. The standard InChI is InChI=1S/C28H25ClN2O6/c1-3-13-37-28(35)18-8-6-17(7-9-18)16-31-24(20-5-4-12-30-15-20)23(26(33)27(31)34)25(32)19-10-11-22(36-2)21(29)14-19/h4-12,14-15,24,32H,3,13,16H2,1-2H3/b25-23-. The van der Waals surface area contributed by atoms with Crippen LogP contribution >= 0.6 is 11.6 Å². The third-order valence-corrected chi connectivity index (χ3v) is 6.24. The van der Waals surface area contributed by atoms with Gasteiger partial charge >= 0.3 is 5.97 Å². The molecule has 0 aliphatic carbocycles. The van der Waals surface area contributed by atoms with Crippen LogP contribution in [0, 0.1) is 0 Å². The van der Waals surface area contributed by atoms with Crippen LogP contribution in [0.4, 0.5) is 0 Å². The quantitative estimate of drug-likeness (QED) is 0.194. The van der Waals surface area contributed by atoms with Gasteiger partial charge in [0.05, 0.1) is 35.9 Å². The van der Waals surface area contributed by atoms with Crippen molar-refractivity contribution in [3.63, 3.8) is 0 Å². The van der Waals surface area contributed by atoms with Crippen molar-refractivity contribution in [3.8, 4) is 5.75 Å². The van der Waals surface area contributed by atoms with E-state index in [4.69, 9.17) is 21.1 Å². The van der Waals surface area contributed by atoms with Crippen LogP contribution in [0.15, 0.2) is 72.6 Å². The van der Waals surface area contributed by atoms with E-state index in [9.17, 15) is 19.5 Å². The lowest BCUT2D eigenvalue weighted by Crippen LogP contribution is -2.29. The molecule has 1 atom stereocenters. The Morgan fingerprint density at radius 2 is 1.84 bits per heavy atom. The number of carbonyl (C=O) groups excluding carboxylic acids is 3. The number of hydrogen-bond donors (Lipinski definition) is 1. The van der Waals surface area contributed by atoms with Gasteiger partial charge in [0.15, 0.2) is 0 Å². The van der Waals surface area contributed by atoms with Crippen molar-refractivity contribution in [2.45, 2.75) is 25.9 Å². The zero-order valence-corrected chi connectivity index (χ0v) is 21.1. The van der Waals surface area contributed by atoms with Crippen molar-refractivity contribution in [2.75, 3.05) is 13.7 Å². The van der Waals surface area contributed by atoms with Crippen molar-refractivity contribution in [3.05, 3.63) is 99.8 Å². The minimum atomic E-state index is -0.885. The molecule has 2 aromatic carbocycles. The normalized spacial score (nSPS) is 16.6. The van der Waals surface area contributed by atoms with Crippen LogP contribution in [-0.4, -0.2) is 46.4 Å². The number of Topliss-reactive ketones (excluding diaryl/α,β-unsaturated/α-hetero) is 1. The Labute approximate surface area is 219 Å². The molecule has 2 heterocycles. The molecule has 1 aliphatic heterocycles. The summed E-state index contributed by atoms with van der Waals surface area (Å²) in [6, 6.07) is 13.8. The summed E-state index contributed by atoms with van der Waals surface area (Å²) >= 11 is 6.23. The Bertz CT molecular complexity index is 1350. The number of carbonyl (C=O) groups is 3. The molecular formula is C28H25ClN2O6. The molecule has 0 saturated carbocycles. The molecule has 3 aromatic rings. The highest BCUT2D eigenvalue weighted by molar-refractivity contribution is 6.46. The first-order valence-electron chi connectivity index (χ1n) is 11.6. The average molecular weight is 521 g/mol. The summed E-state index contributed by atoms with van der Waals surface area (Å²) in [5, 5.41) is 11.4. The van der Waals surface area contributed by atoms with Gasteiger partial charge < -0.3 is 19.5 Å². The highest BCUT2D eigenvalue weighted by Crippen LogP contribution is 2.40. The molecule has 0 spiro atoms. The second kappa shape index (κ2) is 11.3. The second-order valence-electron chi connectivity index (χ2n) is 8.40. The van der Waals surface area contributed by atoms with E-state index in [0.717, 1.165) is 6.42 Å². The number of halogens is 1. The Morgan fingerprint density at radius 1 is 1.11 bits per heavy atom. The Hall–Kier alpha value is -4.17. The van der Waals surface area contributed by atoms with E-state index in [0.29, 0.717) is 29.0 Å². The van der Waals surface area contributed by atoms with Gasteiger partial charge in [-0.15, -0.1) is 0 Å². The number of ketones is 1. The fourth-order valence-electron chi connectivity index (χ4n) is 4.12. The summed E-state index contributed by atoms with van der Waals surface area (Å²) in [5.41, 5.74) is 1.84. The van der Waals surface area contributed by atoms with Crippen LogP contribution in [0.1, 0.15) is 46.4 Å². The average Bonchev–Trinajstić information content (AvgIpc) is 3.17. The number of ether oxygens (including phenoxy) is 2. The number of hydrogen-bond acceptors (Lipinski definition) is 7. The molecule has 9 heteroatoms. The van der Waals surface area contributed by atoms with E-state index in [1.165, 1.54) is 18.1 Å². The molecule has 4 rings (SSSR count). The molecule has 1 amide bonds. The van der Waals surface area contributed by atoms with Gasteiger partial charge in [-0.25, -0.2) is 4.79 Å². The lowest BCUT2D eigenvalue weighted by Gasteiger charge is -2.25. The molecule has 8 nitrogen and oxygen atoms in total. The number of amides is 1. The van der Waals surface area contributed by atoms with Gasteiger partial charge in [0.1, 0.15) is 11.5 Å². The number of aromatic nitrogens is 1. The number of nitrogens with zero attached hydrogens (tertiary/aromatic N) is 2. The second-order valence-corrected chi connectivity index (χ2v) is 8.80. The van der Waals surface area contributed by atoms with Crippen LogP contribution < -0.4 is 4.74 Å². The number of esters is 1. The first kappa shape index (κ1) is 25.9. The molecule has 190 valence electrons. The van der Waals surface area contributed by atoms with Crippen molar-refractivity contribution in [1.82, 2.24) is 9.88 Å². The number of likely N-dealkylation sites (tertiary alicyclic amines) is 1. The monoisotopic (exact) mass is 520 g/mol. The highest BCUT2D eigenvalue weighted by atomic mass is 35.5. The Morgan fingerprint density at radius 3 is 2.46 bits per heavy atom. The third kappa shape index (κ3) is 5.34. The first-order chi connectivity index (χ1) is 17.8. The third-order valence-electron chi connectivity index (χ3n) is 5.95. The molecule has 0 radical (unpaired) electrons. The molecule has 1 N–H and O–H groups in total. The van der Waals surface area contributed by atoms with Crippen LogP contribution in [0.3, 0.4) is 0 Å². The maximum absolute atomic E-state index is 13.2. The molecule has 1 saturated heterocycles. The highest BCUT2D eigenvalue weighted by Gasteiger charge is 2.46.